The van der Waals surface area contributed by atoms with Crippen LogP contribution in [0.2, 0.25) is 0 Å². The van der Waals surface area contributed by atoms with E-state index in [1.54, 1.807) is 26.0 Å². The molecule has 1 fully saturated rings. The molecule has 2 amide bonds. The summed E-state index contributed by atoms with van der Waals surface area (Å²) in [7, 11) is 1.28. The number of carbonyl (C=O) groups excluding carboxylic acids is 3. The molecule has 0 spiro atoms. The van der Waals surface area contributed by atoms with Crippen LogP contribution in [0.3, 0.4) is 0 Å². The smallest absolute Gasteiger partial charge is 0.356 e. The fourth-order valence-corrected chi connectivity index (χ4v) is 4.72. The predicted octanol–water partition coefficient (Wildman–Crippen LogP) is 4.13. The lowest BCUT2D eigenvalue weighted by molar-refractivity contribution is -0.252. The van der Waals surface area contributed by atoms with Crippen molar-refractivity contribution < 1.29 is 28.6 Å². The Kier molecular flexibility index (Phi) is 9.35. The highest BCUT2D eigenvalue weighted by atomic mass is 16.6. The number of likely N-dealkylation sites (tertiary alicyclic amines) is 1. The Bertz CT molecular complexity index is 1410. The van der Waals surface area contributed by atoms with Crippen LogP contribution in [0, 0.1) is 12.3 Å². The lowest BCUT2D eigenvalue weighted by Gasteiger charge is -2.53. The van der Waals surface area contributed by atoms with Crippen LogP contribution in [0.25, 0.3) is 0 Å². The minimum Gasteiger partial charge on any atom is -0.448 e. The van der Waals surface area contributed by atoms with Crippen LogP contribution in [0.15, 0.2) is 102 Å². The van der Waals surface area contributed by atoms with Gasteiger partial charge < -0.3 is 19.5 Å². The molecule has 0 radical (unpaired) electrons. The number of ether oxygens (including phenoxy) is 3. The Balaban J connectivity index is 1.63. The van der Waals surface area contributed by atoms with Crippen molar-refractivity contribution in [1.29, 1.82) is 0 Å². The third-order valence-electron chi connectivity index (χ3n) is 6.64. The zero-order valence-electron chi connectivity index (χ0n) is 23.2. The number of benzene rings is 3. The van der Waals surface area contributed by atoms with Crippen LogP contribution < -0.4 is 5.32 Å². The normalized spacial score (nSPS) is 17.8. The Hall–Kier alpha value is -4.71. The number of allylic oxidation sites excluding steroid dienone is 1. The number of amides is 2. The molecule has 210 valence electrons. The maximum Gasteiger partial charge on any atom is 0.356 e. The van der Waals surface area contributed by atoms with Gasteiger partial charge in [-0.25, -0.2) is 4.79 Å². The second-order valence-electron chi connectivity index (χ2n) is 9.65. The molecule has 4 rings (SSSR count). The number of carbonyl (C=O) groups is 3. The van der Waals surface area contributed by atoms with E-state index < -0.39 is 35.8 Å². The van der Waals surface area contributed by atoms with Gasteiger partial charge in [0.1, 0.15) is 12.3 Å². The zero-order chi connectivity index (χ0) is 29.4. The highest BCUT2D eigenvalue weighted by Gasteiger charge is 2.66. The molecule has 0 aromatic heterocycles. The summed E-state index contributed by atoms with van der Waals surface area (Å²) in [5.41, 5.74) is 0.852. The van der Waals surface area contributed by atoms with E-state index in [0.29, 0.717) is 5.57 Å². The van der Waals surface area contributed by atoms with Crippen LogP contribution in [-0.4, -0.2) is 48.4 Å². The van der Waals surface area contributed by atoms with E-state index in [1.807, 2.05) is 78.9 Å². The summed E-state index contributed by atoms with van der Waals surface area (Å²) in [6.07, 6.45) is 3.50. The number of β-lactam (4-membered cyclic amide) rings is 1. The van der Waals surface area contributed by atoms with E-state index in [0.717, 1.165) is 21.6 Å². The molecule has 3 aromatic carbocycles. The fourth-order valence-electron chi connectivity index (χ4n) is 4.72. The number of rotatable bonds is 11. The van der Waals surface area contributed by atoms with Crippen molar-refractivity contribution in [2.24, 2.45) is 0 Å². The van der Waals surface area contributed by atoms with Crippen LogP contribution >= 0.6 is 0 Å². The molecule has 1 N–H and O–H groups in total. The molecule has 3 aromatic rings. The second kappa shape index (κ2) is 13.1. The van der Waals surface area contributed by atoms with E-state index in [4.69, 9.17) is 20.6 Å². The lowest BCUT2D eigenvalue weighted by atomic mass is 9.95. The summed E-state index contributed by atoms with van der Waals surface area (Å²) in [4.78, 5) is 41.7. The molecule has 0 saturated carbocycles. The Morgan fingerprint density at radius 3 is 1.98 bits per heavy atom. The van der Waals surface area contributed by atoms with Crippen molar-refractivity contribution in [3.8, 4) is 12.3 Å². The van der Waals surface area contributed by atoms with E-state index in [9.17, 15) is 14.4 Å². The number of hydrogen-bond donors (Lipinski definition) is 1. The first kappa shape index (κ1) is 29.3. The molecule has 1 saturated heterocycles. The van der Waals surface area contributed by atoms with Gasteiger partial charge in [-0.3, -0.25) is 14.5 Å². The molecule has 0 aliphatic carbocycles. The van der Waals surface area contributed by atoms with Crippen molar-refractivity contribution in [2.75, 3.05) is 13.7 Å². The molecule has 1 aliphatic rings. The average Bonchev–Trinajstić information content (AvgIpc) is 2.99. The quantitative estimate of drug-likeness (QED) is 0.126. The molecule has 8 heteroatoms. The summed E-state index contributed by atoms with van der Waals surface area (Å²) >= 11 is 0. The summed E-state index contributed by atoms with van der Waals surface area (Å²) in [6.45, 7) is 3.17. The molecule has 0 bridgehead atoms. The van der Waals surface area contributed by atoms with Crippen molar-refractivity contribution in [2.45, 2.75) is 38.3 Å². The lowest BCUT2D eigenvalue weighted by Crippen LogP contribution is -2.81. The van der Waals surface area contributed by atoms with Crippen LogP contribution in [0.5, 0.6) is 0 Å². The number of methoxy groups -OCH3 is 1. The molecule has 1 heterocycles. The molecule has 1 aliphatic heterocycles. The van der Waals surface area contributed by atoms with Crippen molar-refractivity contribution in [3.05, 3.63) is 119 Å². The number of esters is 1. The van der Waals surface area contributed by atoms with Crippen molar-refractivity contribution >= 4 is 17.8 Å². The van der Waals surface area contributed by atoms with Crippen molar-refractivity contribution in [3.63, 3.8) is 0 Å². The van der Waals surface area contributed by atoms with Crippen LogP contribution in [0.4, 0.5) is 0 Å². The van der Waals surface area contributed by atoms with Gasteiger partial charge in [0.2, 0.25) is 5.91 Å². The number of nitrogens with zero attached hydrogens (tertiary/aromatic N) is 1. The van der Waals surface area contributed by atoms with Gasteiger partial charge in [0.25, 0.3) is 11.6 Å². The summed E-state index contributed by atoms with van der Waals surface area (Å²) in [5, 5.41) is 2.67. The van der Waals surface area contributed by atoms with Gasteiger partial charge in [-0.1, -0.05) is 96.9 Å². The molecule has 0 unspecified atom stereocenters. The average molecular weight is 553 g/mol. The van der Waals surface area contributed by atoms with E-state index in [1.165, 1.54) is 7.11 Å². The minimum atomic E-state index is -1.89. The van der Waals surface area contributed by atoms with Gasteiger partial charge in [-0.05, 0) is 36.1 Å². The SMILES string of the molecule is C#CCO[C@@H]1N(C(C(=O)OC(c2ccccc2)c2ccccc2)=C(C)C)C(=O)[C@@]1(NC(=O)Cc1ccccc1)OC. The van der Waals surface area contributed by atoms with Gasteiger partial charge in [0, 0.05) is 7.11 Å². The number of nitrogens with one attached hydrogen (secondary N) is 1. The standard InChI is InChI=1S/C33H32N2O6/c1-5-21-40-32-33(39-4,34-27(36)22-24-15-9-6-10-16-24)31(38)35(32)28(23(2)3)30(37)41-29(25-17-11-7-12-18-25)26-19-13-8-14-20-26/h1,6-20,29,32H,21-22H2,2-4H3,(H,34,36)/t32-,33+/m0/s1. The summed E-state index contributed by atoms with van der Waals surface area (Å²) in [6, 6.07) is 27.7. The molecule has 8 nitrogen and oxygen atoms in total. The number of terminal acetylenes is 1. The first-order valence-corrected chi connectivity index (χ1v) is 13.1. The first-order chi connectivity index (χ1) is 19.8. The predicted molar refractivity (Wildman–Crippen MR) is 153 cm³/mol. The Labute approximate surface area is 239 Å². The molecular formula is C33H32N2O6. The van der Waals surface area contributed by atoms with E-state index in [2.05, 4.69) is 11.2 Å². The van der Waals surface area contributed by atoms with Gasteiger partial charge >= 0.3 is 5.97 Å². The fraction of sp³-hybridized carbons (Fsp3) is 0.242. The molecular weight excluding hydrogens is 520 g/mol. The zero-order valence-corrected chi connectivity index (χ0v) is 23.2. The molecule has 2 atom stereocenters. The summed E-state index contributed by atoms with van der Waals surface area (Å²) < 4.78 is 17.4. The number of hydrogen-bond acceptors (Lipinski definition) is 6. The highest BCUT2D eigenvalue weighted by Crippen LogP contribution is 2.39. The van der Waals surface area contributed by atoms with Crippen molar-refractivity contribution in [1.82, 2.24) is 10.2 Å². The Morgan fingerprint density at radius 1 is 0.951 bits per heavy atom. The third-order valence-corrected chi connectivity index (χ3v) is 6.64. The van der Waals surface area contributed by atoms with E-state index in [-0.39, 0.29) is 18.7 Å². The topological polar surface area (TPSA) is 94.2 Å². The molecule has 41 heavy (non-hydrogen) atoms. The Morgan fingerprint density at radius 2 is 1.49 bits per heavy atom. The summed E-state index contributed by atoms with van der Waals surface area (Å²) in [5.74, 6) is 0.474. The van der Waals surface area contributed by atoms with Gasteiger partial charge in [0.15, 0.2) is 12.3 Å². The minimum absolute atomic E-state index is 0.00840. The first-order valence-electron chi connectivity index (χ1n) is 13.1. The van der Waals surface area contributed by atoms with Gasteiger partial charge in [0.05, 0.1) is 6.42 Å². The van der Waals surface area contributed by atoms with Gasteiger partial charge in [-0.2, -0.15) is 0 Å². The van der Waals surface area contributed by atoms with Gasteiger partial charge in [-0.15, -0.1) is 6.42 Å². The van der Waals surface area contributed by atoms with Crippen LogP contribution in [0.1, 0.15) is 36.6 Å². The monoisotopic (exact) mass is 552 g/mol. The third kappa shape index (κ3) is 6.22. The van der Waals surface area contributed by atoms with Crippen LogP contribution in [-0.2, 0) is 35.0 Å². The maximum atomic E-state index is 13.8. The second-order valence-corrected chi connectivity index (χ2v) is 9.65. The maximum absolute atomic E-state index is 13.8. The van der Waals surface area contributed by atoms with E-state index >= 15 is 0 Å². The largest absolute Gasteiger partial charge is 0.448 e. The highest BCUT2D eigenvalue weighted by molar-refractivity contribution is 6.03.